The molecule has 0 aromatic heterocycles. The zero-order valence-electron chi connectivity index (χ0n) is 12.6. The van der Waals surface area contributed by atoms with Crippen LogP contribution in [0.3, 0.4) is 0 Å². The predicted octanol–water partition coefficient (Wildman–Crippen LogP) is 3.82. The third-order valence-corrected chi connectivity index (χ3v) is 4.11. The van der Waals surface area contributed by atoms with Crippen LogP contribution < -0.4 is 5.32 Å². The lowest BCUT2D eigenvalue weighted by Crippen LogP contribution is -2.33. The average Bonchev–Trinajstić information content (AvgIpc) is 2.37. The molecule has 2 N–H and O–H groups in total. The number of thioether (sulfide) groups is 1. The van der Waals surface area contributed by atoms with Crippen molar-refractivity contribution < 1.29 is 9.90 Å². The van der Waals surface area contributed by atoms with Gasteiger partial charge in [0.1, 0.15) is 5.75 Å². The van der Waals surface area contributed by atoms with Crippen molar-refractivity contribution in [2.24, 2.45) is 5.92 Å². The molecule has 0 aliphatic rings. The largest absolute Gasteiger partial charge is 0.507 e. The van der Waals surface area contributed by atoms with Crippen LogP contribution in [0.4, 0.5) is 0 Å². The van der Waals surface area contributed by atoms with Crippen molar-refractivity contribution in [2.75, 3.05) is 5.75 Å². The van der Waals surface area contributed by atoms with E-state index in [2.05, 4.69) is 19.2 Å². The van der Waals surface area contributed by atoms with Crippen LogP contribution >= 0.6 is 11.8 Å². The molecule has 112 valence electrons. The number of benzene rings is 1. The highest BCUT2D eigenvalue weighted by Crippen LogP contribution is 2.27. The molecule has 0 fully saturated rings. The molecule has 1 amide bonds. The number of phenols is 1. The number of hydrogen-bond donors (Lipinski definition) is 2. The van der Waals surface area contributed by atoms with Gasteiger partial charge in [-0.2, -0.15) is 0 Å². The van der Waals surface area contributed by atoms with Crippen LogP contribution in [-0.4, -0.2) is 22.8 Å². The fraction of sp³-hybridized carbons (Fsp3) is 0.562. The summed E-state index contributed by atoms with van der Waals surface area (Å²) in [5, 5.41) is 12.6. The Morgan fingerprint density at radius 1 is 1.25 bits per heavy atom. The van der Waals surface area contributed by atoms with Crippen LogP contribution in [0.15, 0.2) is 29.2 Å². The van der Waals surface area contributed by atoms with Crippen molar-refractivity contribution in [2.45, 2.75) is 51.0 Å². The highest BCUT2D eigenvalue weighted by molar-refractivity contribution is 8.00. The fourth-order valence-corrected chi connectivity index (χ4v) is 2.70. The summed E-state index contributed by atoms with van der Waals surface area (Å²) in [4.78, 5) is 12.6. The van der Waals surface area contributed by atoms with Crippen molar-refractivity contribution in [3.63, 3.8) is 0 Å². The molecule has 0 bridgehead atoms. The van der Waals surface area contributed by atoms with Gasteiger partial charge in [0, 0.05) is 10.9 Å². The smallest absolute Gasteiger partial charge is 0.230 e. The standard InChI is InChI=1S/C16H25NO2S/c1-12(2)7-6-8-13(3)17-16(19)11-20-15-10-5-4-9-14(15)18/h4-5,9-10,12-13,18H,6-8,11H2,1-3H3,(H,17,19). The van der Waals surface area contributed by atoms with Crippen LogP contribution in [0, 0.1) is 5.92 Å². The number of carbonyl (C=O) groups is 1. The molecule has 0 heterocycles. The Kier molecular flexibility index (Phi) is 7.52. The highest BCUT2D eigenvalue weighted by atomic mass is 32.2. The van der Waals surface area contributed by atoms with E-state index in [1.165, 1.54) is 18.2 Å². The lowest BCUT2D eigenvalue weighted by Gasteiger charge is -2.14. The van der Waals surface area contributed by atoms with Crippen LogP contribution in [0.1, 0.15) is 40.0 Å². The van der Waals surface area contributed by atoms with Crippen LogP contribution in [0.25, 0.3) is 0 Å². The fourth-order valence-electron chi connectivity index (χ4n) is 1.94. The van der Waals surface area contributed by atoms with E-state index in [0.29, 0.717) is 5.75 Å². The minimum absolute atomic E-state index is 0.0234. The van der Waals surface area contributed by atoms with Gasteiger partial charge in [0.2, 0.25) is 5.91 Å². The molecule has 1 atom stereocenters. The number of rotatable bonds is 8. The van der Waals surface area contributed by atoms with E-state index in [0.717, 1.165) is 23.7 Å². The Morgan fingerprint density at radius 3 is 2.60 bits per heavy atom. The van der Waals surface area contributed by atoms with Crippen LogP contribution in [0.5, 0.6) is 5.75 Å². The van der Waals surface area contributed by atoms with Crippen LogP contribution in [-0.2, 0) is 4.79 Å². The minimum Gasteiger partial charge on any atom is -0.507 e. The van der Waals surface area contributed by atoms with Gasteiger partial charge in [0.15, 0.2) is 0 Å². The number of para-hydroxylation sites is 1. The first-order valence-corrected chi connectivity index (χ1v) is 8.17. The van der Waals surface area contributed by atoms with E-state index in [1.54, 1.807) is 12.1 Å². The van der Waals surface area contributed by atoms with E-state index in [4.69, 9.17) is 0 Å². The second-order valence-electron chi connectivity index (χ2n) is 5.55. The number of aromatic hydroxyl groups is 1. The van der Waals surface area contributed by atoms with Gasteiger partial charge in [-0.05, 0) is 31.4 Å². The van der Waals surface area contributed by atoms with Crippen molar-refractivity contribution >= 4 is 17.7 Å². The number of phenolic OH excluding ortho intramolecular Hbond substituents is 1. The molecule has 0 saturated heterocycles. The molecule has 0 aliphatic carbocycles. The van der Waals surface area contributed by atoms with Gasteiger partial charge < -0.3 is 10.4 Å². The predicted molar refractivity (Wildman–Crippen MR) is 85.1 cm³/mol. The molecule has 1 unspecified atom stereocenters. The molecular formula is C16H25NO2S. The van der Waals surface area contributed by atoms with Crippen molar-refractivity contribution in [1.29, 1.82) is 0 Å². The van der Waals surface area contributed by atoms with E-state index >= 15 is 0 Å². The number of nitrogens with one attached hydrogen (secondary N) is 1. The summed E-state index contributed by atoms with van der Waals surface area (Å²) in [5.74, 6) is 1.31. The van der Waals surface area contributed by atoms with E-state index in [9.17, 15) is 9.90 Å². The third-order valence-electron chi connectivity index (χ3n) is 3.05. The molecular weight excluding hydrogens is 270 g/mol. The summed E-state index contributed by atoms with van der Waals surface area (Å²) >= 11 is 1.36. The van der Waals surface area contributed by atoms with Gasteiger partial charge in [-0.1, -0.05) is 38.8 Å². The van der Waals surface area contributed by atoms with Crippen LogP contribution in [0.2, 0.25) is 0 Å². The van der Waals surface area contributed by atoms with Gasteiger partial charge in [-0.3, -0.25) is 4.79 Å². The lowest BCUT2D eigenvalue weighted by atomic mass is 10.0. The zero-order valence-corrected chi connectivity index (χ0v) is 13.4. The molecule has 1 aromatic rings. The minimum atomic E-state index is 0.0234. The third kappa shape index (κ3) is 6.85. The van der Waals surface area contributed by atoms with Crippen molar-refractivity contribution in [3.8, 4) is 5.75 Å². The molecule has 0 saturated carbocycles. The Labute approximate surface area is 126 Å². The summed E-state index contributed by atoms with van der Waals surface area (Å²) in [5.41, 5.74) is 0. The van der Waals surface area contributed by atoms with E-state index in [-0.39, 0.29) is 17.7 Å². The summed E-state index contributed by atoms with van der Waals surface area (Å²) in [7, 11) is 0. The Balaban J connectivity index is 2.24. The van der Waals surface area contributed by atoms with Crippen molar-refractivity contribution in [1.82, 2.24) is 5.32 Å². The Bertz CT molecular complexity index is 421. The molecule has 20 heavy (non-hydrogen) atoms. The number of carbonyl (C=O) groups excluding carboxylic acids is 1. The average molecular weight is 295 g/mol. The first-order chi connectivity index (χ1) is 9.49. The quantitative estimate of drug-likeness (QED) is 0.717. The second kappa shape index (κ2) is 8.90. The summed E-state index contributed by atoms with van der Waals surface area (Å²) in [6.45, 7) is 6.47. The van der Waals surface area contributed by atoms with E-state index in [1.807, 2.05) is 19.1 Å². The first kappa shape index (κ1) is 16.9. The maximum Gasteiger partial charge on any atom is 0.230 e. The molecule has 0 spiro atoms. The molecule has 0 radical (unpaired) electrons. The Morgan fingerprint density at radius 2 is 1.95 bits per heavy atom. The molecule has 4 heteroatoms. The van der Waals surface area contributed by atoms with Gasteiger partial charge in [0.25, 0.3) is 0 Å². The highest BCUT2D eigenvalue weighted by Gasteiger charge is 2.09. The molecule has 1 aromatic carbocycles. The van der Waals surface area contributed by atoms with Gasteiger partial charge in [0.05, 0.1) is 5.75 Å². The topological polar surface area (TPSA) is 49.3 Å². The summed E-state index contributed by atoms with van der Waals surface area (Å²) < 4.78 is 0. The number of hydrogen-bond acceptors (Lipinski definition) is 3. The van der Waals surface area contributed by atoms with Crippen molar-refractivity contribution in [3.05, 3.63) is 24.3 Å². The van der Waals surface area contributed by atoms with Gasteiger partial charge >= 0.3 is 0 Å². The maximum atomic E-state index is 11.8. The lowest BCUT2D eigenvalue weighted by molar-refractivity contribution is -0.119. The first-order valence-electron chi connectivity index (χ1n) is 7.19. The SMILES string of the molecule is CC(C)CCCC(C)NC(=O)CSc1ccccc1O. The molecule has 1 rings (SSSR count). The monoisotopic (exact) mass is 295 g/mol. The Hall–Kier alpha value is -1.16. The molecule has 0 aliphatic heterocycles. The molecule has 3 nitrogen and oxygen atoms in total. The normalized spacial score (nSPS) is 12.4. The maximum absolute atomic E-state index is 11.8. The summed E-state index contributed by atoms with van der Waals surface area (Å²) in [6, 6.07) is 7.30. The zero-order chi connectivity index (χ0) is 15.0. The number of amides is 1. The van der Waals surface area contributed by atoms with Gasteiger partial charge in [-0.15, -0.1) is 11.8 Å². The second-order valence-corrected chi connectivity index (χ2v) is 6.57. The van der Waals surface area contributed by atoms with E-state index < -0.39 is 0 Å². The van der Waals surface area contributed by atoms with Gasteiger partial charge in [-0.25, -0.2) is 0 Å². The summed E-state index contributed by atoms with van der Waals surface area (Å²) in [6.07, 6.45) is 3.36.